The van der Waals surface area contributed by atoms with Crippen molar-refractivity contribution in [3.05, 3.63) is 70.7 Å². The summed E-state index contributed by atoms with van der Waals surface area (Å²) in [7, 11) is -3.91. The van der Waals surface area contributed by atoms with Gasteiger partial charge in [-0.25, -0.2) is 22.6 Å². The van der Waals surface area contributed by atoms with Gasteiger partial charge in [-0.15, -0.1) is 0 Å². The molecule has 3 aliphatic rings. The molecule has 14 nitrogen and oxygen atoms in total. The van der Waals surface area contributed by atoms with Crippen LogP contribution in [0.1, 0.15) is 58.1 Å². The number of hydrogen-bond acceptors (Lipinski definition) is 10. The van der Waals surface area contributed by atoms with E-state index in [1.165, 1.54) is 20.8 Å². The zero-order chi connectivity index (χ0) is 38.2. The number of benzene rings is 1. The number of piperazine rings is 2. The molecule has 3 aromatic heterocycles. The fraction of sp³-hybridized carbons (Fsp3) is 0.526. The number of carbonyl (C=O) groups excluding carboxylic acids is 1. The Balaban J connectivity index is 0.893. The minimum Gasteiger partial charge on any atom is -0.444 e. The average molecular weight is 764 g/mol. The first-order valence-electron chi connectivity index (χ1n) is 18.8. The highest BCUT2D eigenvalue weighted by Gasteiger charge is 2.30. The fourth-order valence-corrected chi connectivity index (χ4v) is 8.36. The van der Waals surface area contributed by atoms with Gasteiger partial charge in [0.2, 0.25) is 10.0 Å². The number of fused-ring (bicyclic) bond motifs is 1. The molecule has 1 saturated carbocycles. The quantitative estimate of drug-likeness (QED) is 0.214. The van der Waals surface area contributed by atoms with Crippen LogP contribution in [0.5, 0.6) is 0 Å². The van der Waals surface area contributed by atoms with Crippen LogP contribution >= 0.6 is 0 Å². The number of sulfonamides is 1. The standard InChI is InChI=1S/C38H50FN9O5S/c1-27-35(42-34-12-7-28(25-47(34)36(27)49)29-24-40-48(26-29)30-8-9-30)41-33-11-10-31(23-32(33)39)54(51,52)46-21-17-44(18-22-46)14-6-5-13-43-15-19-45(20-16-43)37(50)53-38(2,3)4/h7,10-12,23-26,30,41H,5-6,8-9,13-22H2,1-4H3. The van der Waals surface area contributed by atoms with Gasteiger partial charge in [0.25, 0.3) is 5.56 Å². The molecule has 1 N–H and O–H groups in total. The van der Waals surface area contributed by atoms with Gasteiger partial charge in [0.05, 0.1) is 28.4 Å². The monoisotopic (exact) mass is 763 g/mol. The number of unbranched alkanes of at least 4 members (excludes halogenated alkanes) is 1. The van der Waals surface area contributed by atoms with Gasteiger partial charge in [0.1, 0.15) is 22.9 Å². The first-order chi connectivity index (χ1) is 25.7. The third-order valence-electron chi connectivity index (χ3n) is 10.3. The maximum Gasteiger partial charge on any atom is 0.410 e. The van der Waals surface area contributed by atoms with Crippen LogP contribution in [0.3, 0.4) is 0 Å². The van der Waals surface area contributed by atoms with E-state index < -0.39 is 21.4 Å². The summed E-state index contributed by atoms with van der Waals surface area (Å²) in [5.41, 5.74) is 1.65. The number of anilines is 2. The highest BCUT2D eigenvalue weighted by molar-refractivity contribution is 7.89. The van der Waals surface area contributed by atoms with Gasteiger partial charge >= 0.3 is 6.09 Å². The smallest absolute Gasteiger partial charge is 0.410 e. The Morgan fingerprint density at radius 1 is 0.926 bits per heavy atom. The molecule has 3 fully saturated rings. The van der Waals surface area contributed by atoms with Gasteiger partial charge in [0, 0.05) is 75.9 Å². The van der Waals surface area contributed by atoms with E-state index in [0.717, 1.165) is 69.1 Å². The van der Waals surface area contributed by atoms with Crippen molar-refractivity contribution in [2.75, 3.05) is 70.8 Å². The molecule has 54 heavy (non-hydrogen) atoms. The number of hydrogen-bond donors (Lipinski definition) is 1. The summed E-state index contributed by atoms with van der Waals surface area (Å²) in [5.74, 6) is -0.564. The summed E-state index contributed by atoms with van der Waals surface area (Å²) in [6, 6.07) is 7.84. The Morgan fingerprint density at radius 3 is 2.22 bits per heavy atom. The van der Waals surface area contributed by atoms with Gasteiger partial charge in [-0.3, -0.25) is 18.8 Å². The Bertz CT molecular complexity index is 2160. The number of carbonyl (C=O) groups is 1. The summed E-state index contributed by atoms with van der Waals surface area (Å²) in [5, 5.41) is 7.36. The minimum absolute atomic E-state index is 0.0205. The number of nitrogens with one attached hydrogen (secondary N) is 1. The number of rotatable bonds is 11. The molecule has 1 aromatic carbocycles. The maximum atomic E-state index is 15.5. The highest BCUT2D eigenvalue weighted by Crippen LogP contribution is 2.35. The van der Waals surface area contributed by atoms with Gasteiger partial charge in [-0.2, -0.15) is 9.40 Å². The van der Waals surface area contributed by atoms with Gasteiger partial charge in [-0.1, -0.05) is 0 Å². The van der Waals surface area contributed by atoms with Gasteiger partial charge < -0.3 is 19.9 Å². The first kappa shape index (κ1) is 37.9. The molecule has 7 rings (SSSR count). The van der Waals surface area contributed by atoms with Crippen molar-refractivity contribution in [3.63, 3.8) is 0 Å². The second kappa shape index (κ2) is 15.4. The Morgan fingerprint density at radius 2 is 1.59 bits per heavy atom. The summed E-state index contributed by atoms with van der Waals surface area (Å²) >= 11 is 0. The molecule has 1 aliphatic carbocycles. The van der Waals surface area contributed by atoms with Crippen molar-refractivity contribution in [3.8, 4) is 11.1 Å². The fourth-order valence-electron chi connectivity index (χ4n) is 6.92. The maximum absolute atomic E-state index is 15.5. The highest BCUT2D eigenvalue weighted by atomic mass is 32.2. The van der Waals surface area contributed by atoms with Crippen LogP contribution in [-0.2, 0) is 14.8 Å². The molecule has 290 valence electrons. The normalized spacial score (nSPS) is 18.0. The molecule has 0 bridgehead atoms. The molecule has 16 heteroatoms. The van der Waals surface area contributed by atoms with Crippen molar-refractivity contribution >= 4 is 33.3 Å². The van der Waals surface area contributed by atoms with E-state index in [-0.39, 0.29) is 28.1 Å². The van der Waals surface area contributed by atoms with E-state index in [9.17, 15) is 18.0 Å². The van der Waals surface area contributed by atoms with Gasteiger partial charge in [0.15, 0.2) is 0 Å². The molecular weight excluding hydrogens is 714 g/mol. The van der Waals surface area contributed by atoms with Crippen LogP contribution in [0.25, 0.3) is 16.8 Å². The summed E-state index contributed by atoms with van der Waals surface area (Å²) in [6.07, 6.45) is 9.50. The van der Waals surface area contributed by atoms with Crippen molar-refractivity contribution in [1.29, 1.82) is 0 Å². The number of aromatic nitrogens is 4. The second-order valence-corrected chi connectivity index (χ2v) is 17.4. The summed E-state index contributed by atoms with van der Waals surface area (Å²) < 4.78 is 52.8. The lowest BCUT2D eigenvalue weighted by molar-refractivity contribution is 0.0143. The van der Waals surface area contributed by atoms with Crippen LogP contribution < -0.4 is 10.9 Å². The number of ether oxygens (including phenoxy) is 1. The summed E-state index contributed by atoms with van der Waals surface area (Å²) in [4.78, 5) is 36.6. The Kier molecular flexibility index (Phi) is 10.8. The third-order valence-corrected chi connectivity index (χ3v) is 12.2. The van der Waals surface area contributed by atoms with E-state index in [2.05, 4.69) is 25.2 Å². The van der Waals surface area contributed by atoms with E-state index >= 15 is 4.39 Å². The van der Waals surface area contributed by atoms with E-state index in [4.69, 9.17) is 4.74 Å². The zero-order valence-corrected chi connectivity index (χ0v) is 32.3. The van der Waals surface area contributed by atoms with Crippen LogP contribution in [0.15, 0.2) is 58.6 Å². The predicted molar refractivity (Wildman–Crippen MR) is 204 cm³/mol. The van der Waals surface area contributed by atoms with Crippen LogP contribution in [-0.4, -0.2) is 124 Å². The van der Waals surface area contributed by atoms with Crippen molar-refractivity contribution in [2.24, 2.45) is 0 Å². The minimum atomic E-state index is -3.91. The van der Waals surface area contributed by atoms with Crippen molar-refractivity contribution in [1.82, 2.24) is 38.2 Å². The molecule has 2 aliphatic heterocycles. The largest absolute Gasteiger partial charge is 0.444 e. The number of nitrogens with zero attached hydrogens (tertiary/aromatic N) is 8. The van der Waals surface area contributed by atoms with E-state index in [1.54, 1.807) is 30.3 Å². The molecule has 0 spiro atoms. The molecule has 2 saturated heterocycles. The topological polar surface area (TPSA) is 138 Å². The van der Waals surface area contributed by atoms with Crippen molar-refractivity contribution < 1.29 is 22.3 Å². The molecular formula is C38H50FN9O5S. The van der Waals surface area contributed by atoms with Gasteiger partial charge in [-0.05, 0) is 96.8 Å². The lowest BCUT2D eigenvalue weighted by atomic mass is 10.1. The lowest BCUT2D eigenvalue weighted by Gasteiger charge is -2.36. The number of halogens is 1. The number of amides is 1. The van der Waals surface area contributed by atoms with E-state index in [0.29, 0.717) is 56.5 Å². The van der Waals surface area contributed by atoms with Crippen molar-refractivity contribution in [2.45, 2.75) is 69.9 Å². The van der Waals surface area contributed by atoms with Crippen LogP contribution in [0.2, 0.25) is 0 Å². The molecule has 0 atom stereocenters. The SMILES string of the molecule is Cc1c(Nc2ccc(S(=O)(=O)N3CCN(CCCCN4CCN(C(=O)OC(C)(C)C)CC4)CC3)cc2F)nc2ccc(-c3cnn(C4CC4)c3)cn2c1=O. The van der Waals surface area contributed by atoms with E-state index in [1.807, 2.05) is 37.7 Å². The van der Waals surface area contributed by atoms with Crippen LogP contribution in [0, 0.1) is 12.7 Å². The summed E-state index contributed by atoms with van der Waals surface area (Å²) in [6.45, 7) is 13.9. The molecule has 5 heterocycles. The molecule has 4 aromatic rings. The Hall–Kier alpha value is -4.38. The third kappa shape index (κ3) is 8.61. The molecule has 0 radical (unpaired) electrons. The van der Waals surface area contributed by atoms with Crippen LogP contribution in [0.4, 0.5) is 20.7 Å². The number of pyridine rings is 1. The lowest BCUT2D eigenvalue weighted by Crippen LogP contribution is -2.50. The molecule has 1 amide bonds. The Labute approximate surface area is 315 Å². The second-order valence-electron chi connectivity index (χ2n) is 15.5. The first-order valence-corrected chi connectivity index (χ1v) is 20.3. The average Bonchev–Trinajstić information content (AvgIpc) is 3.88. The molecule has 0 unspecified atom stereocenters. The predicted octanol–water partition coefficient (Wildman–Crippen LogP) is 4.72. The zero-order valence-electron chi connectivity index (χ0n) is 31.5.